The zero-order valence-corrected chi connectivity index (χ0v) is 12.6. The summed E-state index contributed by atoms with van der Waals surface area (Å²) in [5, 5.41) is 19.2. The van der Waals surface area contributed by atoms with Gasteiger partial charge in [0.2, 0.25) is 5.91 Å². The van der Waals surface area contributed by atoms with E-state index in [1.165, 1.54) is 18.2 Å². The maximum Gasteiger partial charge on any atom is 0.261 e. The fourth-order valence-corrected chi connectivity index (χ4v) is 2.58. The molecule has 2 amide bonds. The summed E-state index contributed by atoms with van der Waals surface area (Å²) in [6, 6.07) is 10.7. The Morgan fingerprint density at radius 3 is 2.52 bits per heavy atom. The lowest BCUT2D eigenvalue weighted by atomic mass is 10.1. The van der Waals surface area contributed by atoms with E-state index < -0.39 is 5.91 Å². The Morgan fingerprint density at radius 2 is 1.83 bits per heavy atom. The van der Waals surface area contributed by atoms with Crippen LogP contribution in [0.4, 0.5) is 5.69 Å². The molecular weight excluding hydrogens is 318 g/mol. The fourth-order valence-electron chi connectivity index (χ4n) is 2.40. The smallest absolute Gasteiger partial charge is 0.261 e. The average Bonchev–Trinajstić information content (AvgIpc) is 2.77. The number of carbonyl (C=O) groups excluding carboxylic acids is 2. The van der Waals surface area contributed by atoms with E-state index in [9.17, 15) is 19.8 Å². The summed E-state index contributed by atoms with van der Waals surface area (Å²) in [4.78, 5) is 25.7. The number of hydrogen-bond acceptors (Lipinski definition) is 4. The van der Waals surface area contributed by atoms with Gasteiger partial charge in [-0.25, -0.2) is 4.90 Å². The number of imide groups is 1. The summed E-state index contributed by atoms with van der Waals surface area (Å²) in [5.74, 6) is -1.30. The first-order valence-corrected chi connectivity index (χ1v) is 7.19. The Morgan fingerprint density at radius 1 is 1.04 bits per heavy atom. The van der Waals surface area contributed by atoms with Crippen molar-refractivity contribution in [2.75, 3.05) is 4.90 Å². The number of amides is 2. The zero-order valence-electron chi connectivity index (χ0n) is 11.9. The SMILES string of the molecule is O=C1CC(=Cc2ccc(O)c(O)c2)C(=O)N1c1cccc(Cl)c1. The monoisotopic (exact) mass is 329 g/mol. The van der Waals surface area contributed by atoms with Gasteiger partial charge in [-0.15, -0.1) is 0 Å². The number of hydrogen-bond donors (Lipinski definition) is 2. The molecule has 116 valence electrons. The summed E-state index contributed by atoms with van der Waals surface area (Å²) >= 11 is 5.90. The van der Waals surface area contributed by atoms with Gasteiger partial charge in [-0.05, 0) is 42.0 Å². The molecule has 2 aromatic rings. The van der Waals surface area contributed by atoms with Gasteiger partial charge in [0, 0.05) is 10.6 Å². The zero-order chi connectivity index (χ0) is 16.6. The molecule has 2 aromatic carbocycles. The summed E-state index contributed by atoms with van der Waals surface area (Å²) in [6.07, 6.45) is 1.48. The second-order valence-corrected chi connectivity index (χ2v) is 5.55. The molecule has 0 atom stereocenters. The van der Waals surface area contributed by atoms with Crippen molar-refractivity contribution in [3.05, 3.63) is 58.6 Å². The summed E-state index contributed by atoms with van der Waals surface area (Å²) < 4.78 is 0. The molecular formula is C17H12ClNO4. The van der Waals surface area contributed by atoms with Crippen LogP contribution in [0.1, 0.15) is 12.0 Å². The summed E-state index contributed by atoms with van der Waals surface area (Å²) in [7, 11) is 0. The predicted octanol–water partition coefficient (Wildman–Crippen LogP) is 3.10. The van der Waals surface area contributed by atoms with Crippen LogP contribution in [0.2, 0.25) is 5.02 Å². The van der Waals surface area contributed by atoms with Crippen molar-refractivity contribution in [3.63, 3.8) is 0 Å². The van der Waals surface area contributed by atoms with E-state index in [1.807, 2.05) is 0 Å². The Hall–Kier alpha value is -2.79. The number of phenolic OH excluding ortho intramolecular Hbond substituents is 2. The minimum absolute atomic E-state index is 0.0347. The van der Waals surface area contributed by atoms with Crippen LogP contribution in [0.25, 0.3) is 6.08 Å². The van der Waals surface area contributed by atoms with Crippen LogP contribution < -0.4 is 4.90 Å². The van der Waals surface area contributed by atoms with E-state index in [0.29, 0.717) is 21.8 Å². The molecule has 0 aromatic heterocycles. The largest absolute Gasteiger partial charge is 0.504 e. The van der Waals surface area contributed by atoms with Crippen LogP contribution in [-0.2, 0) is 9.59 Å². The van der Waals surface area contributed by atoms with E-state index in [4.69, 9.17) is 11.6 Å². The molecule has 5 nitrogen and oxygen atoms in total. The number of rotatable bonds is 2. The molecule has 1 saturated heterocycles. The number of halogens is 1. The maximum atomic E-state index is 12.5. The third-order valence-electron chi connectivity index (χ3n) is 3.48. The maximum absolute atomic E-state index is 12.5. The van der Waals surface area contributed by atoms with Crippen molar-refractivity contribution < 1.29 is 19.8 Å². The van der Waals surface area contributed by atoms with Crippen molar-refractivity contribution in [1.29, 1.82) is 0 Å². The molecule has 0 spiro atoms. The molecule has 1 aliphatic heterocycles. The van der Waals surface area contributed by atoms with Gasteiger partial charge >= 0.3 is 0 Å². The van der Waals surface area contributed by atoms with Crippen molar-refractivity contribution >= 4 is 35.2 Å². The standard InChI is InChI=1S/C17H12ClNO4/c18-12-2-1-3-13(9-12)19-16(22)8-11(17(19)23)6-10-4-5-14(20)15(21)7-10/h1-7,9,20-21H,8H2. The molecule has 6 heteroatoms. The highest BCUT2D eigenvalue weighted by Gasteiger charge is 2.34. The van der Waals surface area contributed by atoms with Gasteiger partial charge in [-0.3, -0.25) is 9.59 Å². The quantitative estimate of drug-likeness (QED) is 0.504. The van der Waals surface area contributed by atoms with Crippen LogP contribution in [0.5, 0.6) is 11.5 Å². The van der Waals surface area contributed by atoms with Gasteiger partial charge < -0.3 is 10.2 Å². The second kappa shape index (κ2) is 5.78. The highest BCUT2D eigenvalue weighted by Crippen LogP contribution is 2.31. The van der Waals surface area contributed by atoms with Crippen molar-refractivity contribution in [3.8, 4) is 11.5 Å². The topological polar surface area (TPSA) is 77.8 Å². The minimum Gasteiger partial charge on any atom is -0.504 e. The van der Waals surface area contributed by atoms with Crippen LogP contribution >= 0.6 is 11.6 Å². The molecule has 23 heavy (non-hydrogen) atoms. The van der Waals surface area contributed by atoms with Crippen molar-refractivity contribution in [2.45, 2.75) is 6.42 Å². The van der Waals surface area contributed by atoms with E-state index in [-0.39, 0.29) is 23.8 Å². The van der Waals surface area contributed by atoms with E-state index >= 15 is 0 Å². The fraction of sp³-hybridized carbons (Fsp3) is 0.0588. The van der Waals surface area contributed by atoms with Gasteiger partial charge in [-0.2, -0.15) is 0 Å². The van der Waals surface area contributed by atoms with Crippen LogP contribution in [0.3, 0.4) is 0 Å². The normalized spacial score (nSPS) is 16.4. The van der Waals surface area contributed by atoms with Crippen molar-refractivity contribution in [2.24, 2.45) is 0 Å². The minimum atomic E-state index is -0.426. The lowest BCUT2D eigenvalue weighted by molar-refractivity contribution is -0.120. The molecule has 1 fully saturated rings. The number of carbonyl (C=O) groups is 2. The number of aromatic hydroxyl groups is 2. The van der Waals surface area contributed by atoms with E-state index in [1.54, 1.807) is 30.3 Å². The lowest BCUT2D eigenvalue weighted by Gasteiger charge is -2.13. The van der Waals surface area contributed by atoms with E-state index in [2.05, 4.69) is 0 Å². The third kappa shape index (κ3) is 2.91. The Kier molecular flexibility index (Phi) is 3.80. The summed E-state index contributed by atoms with van der Waals surface area (Å²) in [5.41, 5.74) is 1.24. The molecule has 1 heterocycles. The third-order valence-corrected chi connectivity index (χ3v) is 3.71. The average molecular weight is 330 g/mol. The molecule has 3 rings (SSSR count). The predicted molar refractivity (Wildman–Crippen MR) is 86.3 cm³/mol. The van der Waals surface area contributed by atoms with Gasteiger partial charge in [0.1, 0.15) is 0 Å². The van der Waals surface area contributed by atoms with E-state index in [0.717, 1.165) is 4.90 Å². The second-order valence-electron chi connectivity index (χ2n) is 5.11. The van der Waals surface area contributed by atoms with Gasteiger partial charge in [0.15, 0.2) is 11.5 Å². The van der Waals surface area contributed by atoms with Gasteiger partial charge in [0.25, 0.3) is 5.91 Å². The first kappa shape index (κ1) is 15.1. The Labute approximate surface area is 137 Å². The first-order chi connectivity index (χ1) is 11.0. The molecule has 2 N–H and O–H groups in total. The van der Waals surface area contributed by atoms with Gasteiger partial charge in [-0.1, -0.05) is 23.7 Å². The number of phenols is 2. The highest BCUT2D eigenvalue weighted by molar-refractivity contribution is 6.32. The van der Waals surface area contributed by atoms with Crippen LogP contribution in [0, 0.1) is 0 Å². The number of anilines is 1. The molecule has 1 aliphatic rings. The Balaban J connectivity index is 1.94. The van der Waals surface area contributed by atoms with Crippen LogP contribution in [-0.4, -0.2) is 22.0 Å². The summed E-state index contributed by atoms with van der Waals surface area (Å²) in [6.45, 7) is 0. The molecule has 0 radical (unpaired) electrons. The molecule has 0 aliphatic carbocycles. The number of benzene rings is 2. The van der Waals surface area contributed by atoms with Gasteiger partial charge in [0.05, 0.1) is 12.1 Å². The first-order valence-electron chi connectivity index (χ1n) is 6.81. The van der Waals surface area contributed by atoms with Crippen LogP contribution in [0.15, 0.2) is 48.0 Å². The molecule has 0 bridgehead atoms. The molecule has 0 unspecified atom stereocenters. The highest BCUT2D eigenvalue weighted by atomic mass is 35.5. The lowest BCUT2D eigenvalue weighted by Crippen LogP contribution is -2.28. The number of nitrogens with zero attached hydrogens (tertiary/aromatic N) is 1. The molecule has 0 saturated carbocycles. The Bertz CT molecular complexity index is 844. The van der Waals surface area contributed by atoms with Crippen molar-refractivity contribution in [1.82, 2.24) is 0 Å².